The Kier molecular flexibility index (Phi) is 11.2. The predicted molar refractivity (Wildman–Crippen MR) is 252 cm³/mol. The van der Waals surface area contributed by atoms with E-state index in [1.807, 2.05) is 45.7 Å². The first-order chi connectivity index (χ1) is 30.9. The molecular formula is C49H57N9O5S. The fraction of sp³-hybridized carbons (Fsp3) is 0.429. The zero-order valence-corrected chi connectivity index (χ0v) is 38.0. The summed E-state index contributed by atoms with van der Waals surface area (Å²) in [6.07, 6.45) is 7.54. The number of methoxy groups -OCH3 is 1. The molecule has 0 spiro atoms. The number of ether oxygens (including phenoxy) is 2. The molecule has 0 bridgehead atoms. The summed E-state index contributed by atoms with van der Waals surface area (Å²) in [4.78, 5) is 47.1. The zero-order chi connectivity index (χ0) is 44.6. The van der Waals surface area contributed by atoms with Crippen molar-refractivity contribution >= 4 is 67.6 Å². The minimum Gasteiger partial charge on any atom is -0.453 e. The van der Waals surface area contributed by atoms with E-state index in [2.05, 4.69) is 91.5 Å². The van der Waals surface area contributed by atoms with Crippen molar-refractivity contribution in [3.8, 4) is 11.1 Å². The monoisotopic (exact) mass is 883 g/mol. The van der Waals surface area contributed by atoms with Gasteiger partial charge in [0, 0.05) is 46.8 Å². The third-order valence-corrected chi connectivity index (χ3v) is 15.0. The molecule has 7 unspecified atom stereocenters. The van der Waals surface area contributed by atoms with E-state index in [0.29, 0.717) is 12.5 Å². The van der Waals surface area contributed by atoms with Crippen molar-refractivity contribution in [1.82, 2.24) is 39.6 Å². The molecular weight excluding hydrogens is 827 g/mol. The Morgan fingerprint density at radius 3 is 2.56 bits per heavy atom. The summed E-state index contributed by atoms with van der Waals surface area (Å²) in [5.74, 6) is 2.20. The average molecular weight is 884 g/mol. The Hall–Kier alpha value is -5.45. The normalized spacial score (nSPS) is 22.8. The number of aliphatic hydroxyl groups is 1. The first-order valence-corrected chi connectivity index (χ1v) is 23.5. The second-order valence-electron chi connectivity index (χ2n) is 18.4. The maximum absolute atomic E-state index is 14.0. The number of hydrogen-bond donors (Lipinski definition) is 5. The summed E-state index contributed by atoms with van der Waals surface area (Å²) < 4.78 is 13.6. The number of rotatable bonds is 10. The number of aromatic nitrogens is 5. The van der Waals surface area contributed by atoms with E-state index in [4.69, 9.17) is 25.2 Å². The molecule has 1 aliphatic carbocycles. The van der Waals surface area contributed by atoms with E-state index < -0.39 is 18.4 Å². The number of nitrogens with zero attached hydrogens (tertiary/aromatic N) is 5. The number of carbonyl (C=O) groups excluding carboxylic acids is 2. The minimum absolute atomic E-state index is 0.00501. The zero-order valence-electron chi connectivity index (χ0n) is 37.2. The maximum atomic E-state index is 14.0. The Morgan fingerprint density at radius 1 is 0.984 bits per heavy atom. The number of H-pyrrole nitrogens is 2. The summed E-state index contributed by atoms with van der Waals surface area (Å²) in [6.45, 7) is 11.2. The molecule has 2 amide bonds. The molecule has 0 radical (unpaired) electrons. The van der Waals surface area contributed by atoms with Gasteiger partial charge in [-0.1, -0.05) is 64.1 Å². The van der Waals surface area contributed by atoms with Gasteiger partial charge in [-0.3, -0.25) is 9.69 Å². The van der Waals surface area contributed by atoms with E-state index >= 15 is 0 Å². The molecule has 7 atom stereocenters. The smallest absolute Gasteiger partial charge is 0.407 e. The lowest BCUT2D eigenvalue weighted by atomic mass is 9.91. The van der Waals surface area contributed by atoms with E-state index in [1.54, 1.807) is 11.8 Å². The number of imidazole rings is 2. The number of fused-ring (bicyclic) bond motifs is 8. The summed E-state index contributed by atoms with van der Waals surface area (Å²) in [7, 11) is 1.30. The van der Waals surface area contributed by atoms with Gasteiger partial charge in [-0.15, -0.1) is 11.8 Å². The Labute approximate surface area is 376 Å². The van der Waals surface area contributed by atoms with Gasteiger partial charge in [-0.05, 0) is 84.0 Å². The van der Waals surface area contributed by atoms with E-state index in [1.165, 1.54) is 18.4 Å². The van der Waals surface area contributed by atoms with Crippen LogP contribution in [0.5, 0.6) is 0 Å². The number of amides is 2. The second-order valence-corrected chi connectivity index (χ2v) is 19.8. The Bertz CT molecular complexity index is 2840. The van der Waals surface area contributed by atoms with Gasteiger partial charge in [0.2, 0.25) is 5.91 Å². The molecule has 15 heteroatoms. The summed E-state index contributed by atoms with van der Waals surface area (Å²) in [5, 5.41) is 17.0. The van der Waals surface area contributed by atoms with Crippen LogP contribution in [0.1, 0.15) is 89.0 Å². The van der Waals surface area contributed by atoms with Crippen LogP contribution in [0.3, 0.4) is 0 Å². The van der Waals surface area contributed by atoms with E-state index in [9.17, 15) is 14.7 Å². The van der Waals surface area contributed by atoms with Crippen molar-refractivity contribution in [3.63, 3.8) is 0 Å². The van der Waals surface area contributed by atoms with Crippen LogP contribution in [0.25, 0.3) is 55.0 Å². The predicted octanol–water partition coefficient (Wildman–Crippen LogP) is 8.07. The van der Waals surface area contributed by atoms with Gasteiger partial charge in [-0.25, -0.2) is 14.8 Å². The highest BCUT2D eigenvalue weighted by atomic mass is 32.2. The van der Waals surface area contributed by atoms with Gasteiger partial charge in [-0.2, -0.15) is 0 Å². The van der Waals surface area contributed by atoms with Crippen molar-refractivity contribution in [2.24, 2.45) is 17.6 Å². The van der Waals surface area contributed by atoms with E-state index in [0.717, 1.165) is 92.6 Å². The molecule has 64 heavy (non-hydrogen) atoms. The number of carbonyl (C=O) groups is 2. The second kappa shape index (κ2) is 16.8. The number of alkyl carbamates (subject to hydrolysis) is 1. The van der Waals surface area contributed by atoms with Crippen LogP contribution >= 0.6 is 11.8 Å². The van der Waals surface area contributed by atoms with Crippen molar-refractivity contribution in [2.45, 2.75) is 102 Å². The highest BCUT2D eigenvalue weighted by Crippen LogP contribution is 2.42. The number of thioether (sulfide) groups is 1. The molecule has 2 saturated heterocycles. The number of hydrogen-bond acceptors (Lipinski definition) is 10. The molecule has 2 fully saturated rings. The SMILES string of the molecule is COC(=O)NC(C(=O)N1C(C)SCC1c1nc2c(ccc3cc(-c4ccc5c(c4)cc4n5COC5CC(c6cnc(C7CCCN7C(O)C(N)C(C)C)[nH]6)=CC=C45)ccc32)[nH]1)C(C)C. The number of likely N-dealkylation sites (tertiary alicyclic amines) is 1. The number of nitrogens with two attached hydrogens (primary N) is 1. The van der Waals surface area contributed by atoms with Gasteiger partial charge < -0.3 is 45.1 Å². The number of aromatic amines is 2. The van der Waals surface area contributed by atoms with Crippen LogP contribution in [0.2, 0.25) is 0 Å². The topological polar surface area (TPSA) is 180 Å². The molecule has 0 saturated carbocycles. The van der Waals surface area contributed by atoms with Crippen LogP contribution < -0.4 is 11.1 Å². The van der Waals surface area contributed by atoms with Gasteiger partial charge in [0.15, 0.2) is 0 Å². The lowest BCUT2D eigenvalue weighted by Gasteiger charge is -2.33. The number of nitrogens with one attached hydrogen (secondary N) is 3. The lowest BCUT2D eigenvalue weighted by molar-refractivity contribution is -0.136. The summed E-state index contributed by atoms with van der Waals surface area (Å²) in [6, 6.07) is 18.3. The van der Waals surface area contributed by atoms with Gasteiger partial charge in [0.25, 0.3) is 0 Å². The van der Waals surface area contributed by atoms with Crippen LogP contribution in [-0.2, 0) is 21.0 Å². The van der Waals surface area contributed by atoms with Gasteiger partial charge in [0.1, 0.15) is 36.7 Å². The molecule has 10 rings (SSSR count). The van der Waals surface area contributed by atoms with Crippen molar-refractivity contribution in [3.05, 3.63) is 96.0 Å². The number of benzene rings is 3. The average Bonchev–Trinajstić information content (AvgIpc) is 4.16. The Balaban J connectivity index is 0.888. The first-order valence-electron chi connectivity index (χ1n) is 22.5. The molecule has 6 heterocycles. The summed E-state index contributed by atoms with van der Waals surface area (Å²) in [5.41, 5.74) is 16.0. The maximum Gasteiger partial charge on any atom is 0.407 e. The third-order valence-electron chi connectivity index (χ3n) is 13.8. The molecule has 3 aromatic heterocycles. The number of aliphatic hydroxyl groups excluding tert-OH is 1. The highest BCUT2D eigenvalue weighted by molar-refractivity contribution is 8.00. The van der Waals surface area contributed by atoms with Crippen molar-refractivity contribution < 1.29 is 24.2 Å². The largest absolute Gasteiger partial charge is 0.453 e. The number of allylic oxidation sites excluding steroid dienone is 2. The molecule has 14 nitrogen and oxygen atoms in total. The van der Waals surface area contributed by atoms with Crippen LogP contribution in [0.4, 0.5) is 4.79 Å². The highest BCUT2D eigenvalue weighted by Gasteiger charge is 2.42. The molecule has 334 valence electrons. The molecule has 3 aliphatic heterocycles. The van der Waals surface area contributed by atoms with Gasteiger partial charge in [0.05, 0.1) is 53.1 Å². The quantitative estimate of drug-likeness (QED) is 0.0904. The fourth-order valence-electron chi connectivity index (χ4n) is 10.1. The lowest BCUT2D eigenvalue weighted by Crippen LogP contribution is -2.52. The third kappa shape index (κ3) is 7.40. The molecule has 3 aromatic carbocycles. The van der Waals surface area contributed by atoms with Crippen LogP contribution in [0, 0.1) is 11.8 Å². The van der Waals surface area contributed by atoms with Gasteiger partial charge >= 0.3 is 6.09 Å². The Morgan fingerprint density at radius 2 is 1.78 bits per heavy atom. The van der Waals surface area contributed by atoms with Crippen LogP contribution in [0.15, 0.2) is 72.9 Å². The molecule has 6 N–H and O–H groups in total. The first kappa shape index (κ1) is 42.5. The standard InChI is InChI=1S/C49H57N9O5S/c1-25(2)42(50)47(59)56-17-7-8-38(56)45-51-22-36(53-45)31-10-14-34-39-20-32-19-29(12-16-37(32)57(39)24-63-41(34)21-31)28-9-13-33-30(18-28)11-15-35-44(33)54-46(52-35)40-23-64-27(5)58(40)48(60)43(26(3)4)55-49(61)62-6/h9-16,18-20,22,25-27,38,40-43,47,59H,7-8,17,21,23-24,50H2,1-6H3,(H,51,53)(H,52,54)(H,55,61). The molecule has 6 aromatic rings. The van der Waals surface area contributed by atoms with Crippen molar-refractivity contribution in [2.75, 3.05) is 19.4 Å². The molecule has 4 aliphatic rings. The van der Waals surface area contributed by atoms with E-state index in [-0.39, 0.29) is 47.3 Å². The minimum atomic E-state index is -0.717. The van der Waals surface area contributed by atoms with Crippen molar-refractivity contribution in [1.29, 1.82) is 0 Å². The summed E-state index contributed by atoms with van der Waals surface area (Å²) >= 11 is 1.70. The van der Waals surface area contributed by atoms with Crippen LogP contribution in [-0.4, -0.2) is 101 Å². The fourth-order valence-corrected chi connectivity index (χ4v) is 11.3.